The van der Waals surface area contributed by atoms with Crippen molar-refractivity contribution in [3.8, 4) is 0 Å². The van der Waals surface area contributed by atoms with Gasteiger partial charge in [-0.2, -0.15) is 0 Å². The van der Waals surface area contributed by atoms with Crippen LogP contribution in [-0.4, -0.2) is 17.1 Å². The molecule has 15 heavy (non-hydrogen) atoms. The second-order valence-corrected chi connectivity index (χ2v) is 4.59. The lowest BCUT2D eigenvalue weighted by molar-refractivity contribution is 0.481. The first-order valence-corrected chi connectivity index (χ1v) is 5.76. The van der Waals surface area contributed by atoms with Gasteiger partial charge in [-0.3, -0.25) is 4.98 Å². The summed E-state index contributed by atoms with van der Waals surface area (Å²) in [7, 11) is 0. The summed E-state index contributed by atoms with van der Waals surface area (Å²) in [6, 6.07) is 5.62. The SMILES string of the molecule is C(=CC1CC2CCC1N2)c1cccnc1. The summed E-state index contributed by atoms with van der Waals surface area (Å²) in [6.07, 6.45) is 12.3. The molecule has 0 spiro atoms. The highest BCUT2D eigenvalue weighted by atomic mass is 15.0. The third-order valence-corrected chi connectivity index (χ3v) is 3.57. The number of aromatic nitrogens is 1. The number of rotatable bonds is 2. The van der Waals surface area contributed by atoms with Crippen molar-refractivity contribution in [1.82, 2.24) is 10.3 Å². The lowest BCUT2D eigenvalue weighted by atomic mass is 9.89. The second kappa shape index (κ2) is 3.78. The van der Waals surface area contributed by atoms with Gasteiger partial charge in [0.15, 0.2) is 0 Å². The molecule has 0 radical (unpaired) electrons. The first-order chi connectivity index (χ1) is 7.42. The predicted molar refractivity (Wildman–Crippen MR) is 61.3 cm³/mol. The van der Waals surface area contributed by atoms with E-state index in [1.165, 1.54) is 24.8 Å². The molecule has 0 aromatic carbocycles. The molecular formula is C13H16N2. The maximum absolute atomic E-state index is 4.11. The van der Waals surface area contributed by atoms with Crippen molar-refractivity contribution >= 4 is 6.08 Å². The minimum Gasteiger partial charge on any atom is -0.311 e. The molecule has 2 bridgehead atoms. The smallest absolute Gasteiger partial charge is 0.0340 e. The summed E-state index contributed by atoms with van der Waals surface area (Å²) < 4.78 is 0. The molecule has 3 heterocycles. The Morgan fingerprint density at radius 1 is 1.40 bits per heavy atom. The Labute approximate surface area is 90.4 Å². The second-order valence-electron chi connectivity index (χ2n) is 4.59. The van der Waals surface area contributed by atoms with Crippen molar-refractivity contribution in [3.63, 3.8) is 0 Å². The Bertz CT molecular complexity index is 358. The van der Waals surface area contributed by atoms with E-state index in [0.717, 1.165) is 18.0 Å². The minimum atomic E-state index is 0.739. The van der Waals surface area contributed by atoms with E-state index < -0.39 is 0 Å². The lowest BCUT2D eigenvalue weighted by Crippen LogP contribution is -2.21. The highest BCUT2D eigenvalue weighted by molar-refractivity contribution is 5.48. The third kappa shape index (κ3) is 1.82. The molecule has 2 aliphatic heterocycles. The summed E-state index contributed by atoms with van der Waals surface area (Å²) in [5, 5.41) is 3.65. The average Bonchev–Trinajstić information content (AvgIpc) is 2.89. The van der Waals surface area contributed by atoms with Crippen LogP contribution < -0.4 is 5.32 Å². The maximum Gasteiger partial charge on any atom is 0.0340 e. The molecule has 2 heteroatoms. The number of hydrogen-bond acceptors (Lipinski definition) is 2. The van der Waals surface area contributed by atoms with Gasteiger partial charge in [0.1, 0.15) is 0 Å². The molecule has 3 unspecified atom stereocenters. The molecule has 0 amide bonds. The van der Waals surface area contributed by atoms with Gasteiger partial charge in [-0.25, -0.2) is 0 Å². The van der Waals surface area contributed by atoms with E-state index >= 15 is 0 Å². The number of pyridine rings is 1. The van der Waals surface area contributed by atoms with Crippen LogP contribution in [0.15, 0.2) is 30.6 Å². The Balaban J connectivity index is 1.68. The quantitative estimate of drug-likeness (QED) is 0.792. The Kier molecular flexibility index (Phi) is 2.29. The Hall–Kier alpha value is -1.15. The van der Waals surface area contributed by atoms with E-state index in [2.05, 4.69) is 28.5 Å². The molecule has 2 aliphatic rings. The van der Waals surface area contributed by atoms with Gasteiger partial charge >= 0.3 is 0 Å². The number of nitrogens with one attached hydrogen (secondary N) is 1. The van der Waals surface area contributed by atoms with Gasteiger partial charge in [-0.05, 0) is 36.8 Å². The van der Waals surface area contributed by atoms with E-state index in [0.29, 0.717) is 0 Å². The fraction of sp³-hybridized carbons (Fsp3) is 0.462. The standard InChI is InChI=1S/C13H16N2/c1-2-10(9-14-7-1)3-4-11-8-12-5-6-13(11)15-12/h1-4,7,9,11-13,15H,5-6,8H2. The van der Waals surface area contributed by atoms with Crippen molar-refractivity contribution in [3.05, 3.63) is 36.2 Å². The van der Waals surface area contributed by atoms with Crippen molar-refractivity contribution < 1.29 is 0 Å². The van der Waals surface area contributed by atoms with Crippen LogP contribution in [0, 0.1) is 5.92 Å². The molecule has 1 aromatic rings. The Morgan fingerprint density at radius 2 is 2.40 bits per heavy atom. The number of fused-ring (bicyclic) bond motifs is 2. The van der Waals surface area contributed by atoms with Crippen LogP contribution >= 0.6 is 0 Å². The molecule has 0 aliphatic carbocycles. The van der Waals surface area contributed by atoms with Gasteiger partial charge in [0, 0.05) is 24.5 Å². The molecule has 78 valence electrons. The zero-order valence-electron chi connectivity index (χ0n) is 8.76. The number of hydrogen-bond donors (Lipinski definition) is 1. The predicted octanol–water partition coefficient (Wildman–Crippen LogP) is 2.24. The van der Waals surface area contributed by atoms with E-state index in [-0.39, 0.29) is 0 Å². The van der Waals surface area contributed by atoms with Crippen LogP contribution in [0.5, 0.6) is 0 Å². The summed E-state index contributed by atoms with van der Waals surface area (Å²) in [5.41, 5.74) is 1.21. The van der Waals surface area contributed by atoms with E-state index in [4.69, 9.17) is 0 Å². The highest BCUT2D eigenvalue weighted by Gasteiger charge is 2.37. The van der Waals surface area contributed by atoms with E-state index in [9.17, 15) is 0 Å². The summed E-state index contributed by atoms with van der Waals surface area (Å²) in [4.78, 5) is 4.11. The van der Waals surface area contributed by atoms with Gasteiger partial charge in [0.2, 0.25) is 0 Å². The third-order valence-electron chi connectivity index (χ3n) is 3.57. The van der Waals surface area contributed by atoms with Crippen molar-refractivity contribution in [2.24, 2.45) is 5.92 Å². The van der Waals surface area contributed by atoms with Crippen LogP contribution in [0.3, 0.4) is 0 Å². The molecule has 2 saturated heterocycles. The van der Waals surface area contributed by atoms with Crippen LogP contribution in [0.1, 0.15) is 24.8 Å². The molecule has 3 atom stereocenters. The van der Waals surface area contributed by atoms with E-state index in [1.54, 1.807) is 0 Å². The highest BCUT2D eigenvalue weighted by Crippen LogP contribution is 2.34. The number of nitrogens with zero attached hydrogens (tertiary/aromatic N) is 1. The topological polar surface area (TPSA) is 24.9 Å². The van der Waals surface area contributed by atoms with Crippen molar-refractivity contribution in [1.29, 1.82) is 0 Å². The minimum absolute atomic E-state index is 0.739. The first-order valence-electron chi connectivity index (χ1n) is 5.76. The molecule has 2 nitrogen and oxygen atoms in total. The van der Waals surface area contributed by atoms with Crippen molar-refractivity contribution in [2.75, 3.05) is 0 Å². The van der Waals surface area contributed by atoms with E-state index in [1.807, 2.05) is 18.5 Å². The monoisotopic (exact) mass is 200 g/mol. The molecule has 2 fully saturated rings. The van der Waals surface area contributed by atoms with Gasteiger partial charge < -0.3 is 5.32 Å². The fourth-order valence-corrected chi connectivity index (χ4v) is 2.79. The van der Waals surface area contributed by atoms with Gasteiger partial charge in [-0.1, -0.05) is 18.2 Å². The normalized spacial score (nSPS) is 34.0. The molecule has 3 rings (SSSR count). The van der Waals surface area contributed by atoms with Gasteiger partial charge in [0.25, 0.3) is 0 Å². The van der Waals surface area contributed by atoms with Crippen LogP contribution in [0.25, 0.3) is 6.08 Å². The zero-order valence-corrected chi connectivity index (χ0v) is 8.76. The first kappa shape index (κ1) is 9.10. The van der Waals surface area contributed by atoms with Gasteiger partial charge in [0.05, 0.1) is 0 Å². The van der Waals surface area contributed by atoms with Crippen molar-refractivity contribution in [2.45, 2.75) is 31.3 Å². The lowest BCUT2D eigenvalue weighted by Gasteiger charge is -2.15. The van der Waals surface area contributed by atoms with Gasteiger partial charge in [-0.15, -0.1) is 0 Å². The molecule has 1 aromatic heterocycles. The van der Waals surface area contributed by atoms with Crippen LogP contribution in [0.2, 0.25) is 0 Å². The molecule has 1 N–H and O–H groups in total. The molecule has 0 saturated carbocycles. The van der Waals surface area contributed by atoms with Crippen LogP contribution in [0.4, 0.5) is 0 Å². The zero-order chi connectivity index (χ0) is 10.1. The van der Waals surface area contributed by atoms with Crippen LogP contribution in [-0.2, 0) is 0 Å². The largest absolute Gasteiger partial charge is 0.311 e. The summed E-state index contributed by atoms with van der Waals surface area (Å²) in [5.74, 6) is 0.740. The summed E-state index contributed by atoms with van der Waals surface area (Å²) >= 11 is 0. The average molecular weight is 200 g/mol. The Morgan fingerprint density at radius 3 is 3.07 bits per heavy atom. The fourth-order valence-electron chi connectivity index (χ4n) is 2.79. The maximum atomic E-state index is 4.11. The molecular weight excluding hydrogens is 184 g/mol. The summed E-state index contributed by atoms with van der Waals surface area (Å²) in [6.45, 7) is 0.